The lowest BCUT2D eigenvalue weighted by molar-refractivity contribution is 0.200. The minimum absolute atomic E-state index is 0.0126. The summed E-state index contributed by atoms with van der Waals surface area (Å²) >= 11 is 0. The molecule has 0 bridgehead atoms. The van der Waals surface area contributed by atoms with Crippen LogP contribution in [0.25, 0.3) is 0 Å². The Morgan fingerprint density at radius 1 is 1.35 bits per heavy atom. The Bertz CT molecular complexity index is 396. The largest absolute Gasteiger partial charge is 0.333 e. The van der Waals surface area contributed by atoms with Gasteiger partial charge in [-0.3, -0.25) is 0 Å². The van der Waals surface area contributed by atoms with Crippen LogP contribution in [-0.2, 0) is 6.54 Å². The number of benzene rings is 1. The van der Waals surface area contributed by atoms with E-state index < -0.39 is 0 Å². The van der Waals surface area contributed by atoms with Gasteiger partial charge in [0, 0.05) is 17.8 Å². The number of carbonyl (C=O) groups is 1. The molecule has 0 atom stereocenters. The molecule has 0 aromatic heterocycles. The first kappa shape index (κ1) is 11.9. The molecule has 0 saturated heterocycles. The van der Waals surface area contributed by atoms with Crippen molar-refractivity contribution in [2.24, 2.45) is 5.73 Å². The zero-order valence-electron chi connectivity index (χ0n) is 10.1. The van der Waals surface area contributed by atoms with Gasteiger partial charge in [0.15, 0.2) is 0 Å². The molecule has 1 aromatic rings. The van der Waals surface area contributed by atoms with Crippen LogP contribution in [0.15, 0.2) is 24.3 Å². The van der Waals surface area contributed by atoms with Crippen LogP contribution >= 0.6 is 0 Å². The third-order valence-corrected chi connectivity index (χ3v) is 3.32. The maximum absolute atomic E-state index is 11.7. The lowest BCUT2D eigenvalue weighted by atomic mass is 9.79. The molecule has 4 heteroatoms. The van der Waals surface area contributed by atoms with Crippen molar-refractivity contribution in [3.63, 3.8) is 0 Å². The number of anilines is 1. The van der Waals surface area contributed by atoms with Gasteiger partial charge < -0.3 is 16.4 Å². The van der Waals surface area contributed by atoms with E-state index in [-0.39, 0.29) is 11.6 Å². The van der Waals surface area contributed by atoms with Crippen LogP contribution in [0.2, 0.25) is 0 Å². The van der Waals surface area contributed by atoms with Crippen LogP contribution < -0.4 is 16.4 Å². The number of nitrogens with one attached hydrogen (secondary N) is 2. The van der Waals surface area contributed by atoms with Crippen molar-refractivity contribution in [1.29, 1.82) is 0 Å². The van der Waals surface area contributed by atoms with Gasteiger partial charge in [0.25, 0.3) is 0 Å². The molecule has 0 unspecified atom stereocenters. The Kier molecular flexibility index (Phi) is 3.33. The Morgan fingerprint density at radius 3 is 2.47 bits per heavy atom. The predicted octanol–water partition coefficient (Wildman–Crippen LogP) is 2.21. The lowest BCUT2D eigenvalue weighted by Gasteiger charge is -2.38. The molecular weight excluding hydrogens is 214 g/mol. The maximum Gasteiger partial charge on any atom is 0.319 e. The molecule has 2 rings (SSSR count). The van der Waals surface area contributed by atoms with Gasteiger partial charge in [0.1, 0.15) is 0 Å². The van der Waals surface area contributed by atoms with Crippen LogP contribution in [0.3, 0.4) is 0 Å². The lowest BCUT2D eigenvalue weighted by Crippen LogP contribution is -2.52. The third kappa shape index (κ3) is 2.97. The summed E-state index contributed by atoms with van der Waals surface area (Å²) in [5, 5.41) is 5.82. The van der Waals surface area contributed by atoms with Crippen molar-refractivity contribution in [1.82, 2.24) is 5.32 Å². The SMILES string of the molecule is CC1(NC(=O)Nc2ccc(CN)cc2)CCC1. The molecule has 1 saturated carbocycles. The fraction of sp³-hybridized carbons (Fsp3) is 0.462. The van der Waals surface area contributed by atoms with Gasteiger partial charge in [-0.2, -0.15) is 0 Å². The first-order valence-electron chi connectivity index (χ1n) is 5.99. The average Bonchev–Trinajstić information content (AvgIpc) is 2.28. The van der Waals surface area contributed by atoms with Gasteiger partial charge in [-0.15, -0.1) is 0 Å². The topological polar surface area (TPSA) is 67.2 Å². The first-order valence-corrected chi connectivity index (χ1v) is 5.99. The zero-order chi connectivity index (χ0) is 12.3. The molecule has 92 valence electrons. The van der Waals surface area contributed by atoms with Crippen LogP contribution in [0, 0.1) is 0 Å². The molecule has 1 aliphatic carbocycles. The molecule has 4 N–H and O–H groups in total. The van der Waals surface area contributed by atoms with E-state index in [2.05, 4.69) is 17.6 Å². The van der Waals surface area contributed by atoms with Gasteiger partial charge in [0.05, 0.1) is 0 Å². The van der Waals surface area contributed by atoms with Gasteiger partial charge in [-0.05, 0) is 43.9 Å². The van der Waals surface area contributed by atoms with Crippen molar-refractivity contribution < 1.29 is 4.79 Å². The summed E-state index contributed by atoms with van der Waals surface area (Å²) in [6.07, 6.45) is 3.32. The fourth-order valence-corrected chi connectivity index (χ4v) is 1.99. The van der Waals surface area contributed by atoms with Gasteiger partial charge in [-0.1, -0.05) is 12.1 Å². The second-order valence-corrected chi connectivity index (χ2v) is 4.89. The van der Waals surface area contributed by atoms with Crippen molar-refractivity contribution in [3.8, 4) is 0 Å². The monoisotopic (exact) mass is 233 g/mol. The van der Waals surface area contributed by atoms with E-state index in [1.54, 1.807) is 0 Å². The number of urea groups is 1. The highest BCUT2D eigenvalue weighted by Crippen LogP contribution is 2.30. The van der Waals surface area contributed by atoms with E-state index in [1.807, 2.05) is 24.3 Å². The van der Waals surface area contributed by atoms with Crippen molar-refractivity contribution in [3.05, 3.63) is 29.8 Å². The quantitative estimate of drug-likeness (QED) is 0.749. The molecule has 0 heterocycles. The Balaban J connectivity index is 1.89. The predicted molar refractivity (Wildman–Crippen MR) is 68.7 cm³/mol. The highest BCUT2D eigenvalue weighted by Gasteiger charge is 2.33. The number of hydrogen-bond donors (Lipinski definition) is 3. The number of carbonyl (C=O) groups excluding carboxylic acids is 1. The Morgan fingerprint density at radius 2 is 2.00 bits per heavy atom. The molecule has 4 nitrogen and oxygen atoms in total. The van der Waals surface area contributed by atoms with Crippen LogP contribution in [-0.4, -0.2) is 11.6 Å². The van der Waals surface area contributed by atoms with Gasteiger partial charge >= 0.3 is 6.03 Å². The summed E-state index contributed by atoms with van der Waals surface area (Å²) in [6, 6.07) is 7.43. The second-order valence-electron chi connectivity index (χ2n) is 4.89. The van der Waals surface area contributed by atoms with E-state index in [0.29, 0.717) is 6.54 Å². The molecule has 1 aromatic carbocycles. The Hall–Kier alpha value is -1.55. The first-order chi connectivity index (χ1) is 8.11. The molecule has 2 amide bonds. The number of hydrogen-bond acceptors (Lipinski definition) is 2. The summed E-state index contributed by atoms with van der Waals surface area (Å²) < 4.78 is 0. The summed E-state index contributed by atoms with van der Waals surface area (Å²) in [7, 11) is 0. The molecule has 17 heavy (non-hydrogen) atoms. The summed E-state index contributed by atoms with van der Waals surface area (Å²) in [5.41, 5.74) is 7.35. The van der Waals surface area contributed by atoms with E-state index in [1.165, 1.54) is 6.42 Å². The molecule has 1 aliphatic rings. The fourth-order valence-electron chi connectivity index (χ4n) is 1.99. The van der Waals surface area contributed by atoms with E-state index in [0.717, 1.165) is 24.1 Å². The number of nitrogens with two attached hydrogens (primary N) is 1. The van der Waals surface area contributed by atoms with Crippen molar-refractivity contribution in [2.45, 2.75) is 38.3 Å². The van der Waals surface area contributed by atoms with Crippen LogP contribution in [0.4, 0.5) is 10.5 Å². The van der Waals surface area contributed by atoms with Crippen LogP contribution in [0.5, 0.6) is 0 Å². The van der Waals surface area contributed by atoms with Crippen molar-refractivity contribution >= 4 is 11.7 Å². The van der Waals surface area contributed by atoms with Crippen molar-refractivity contribution in [2.75, 3.05) is 5.32 Å². The number of rotatable bonds is 3. The minimum atomic E-state index is -0.132. The zero-order valence-corrected chi connectivity index (χ0v) is 10.1. The van der Waals surface area contributed by atoms with Gasteiger partial charge in [0.2, 0.25) is 0 Å². The smallest absolute Gasteiger partial charge is 0.319 e. The highest BCUT2D eigenvalue weighted by atomic mass is 16.2. The summed E-state index contributed by atoms with van der Waals surface area (Å²) in [5.74, 6) is 0. The van der Waals surface area contributed by atoms with E-state index in [9.17, 15) is 4.79 Å². The molecule has 1 fully saturated rings. The third-order valence-electron chi connectivity index (χ3n) is 3.32. The Labute approximate surface area is 102 Å². The van der Waals surface area contributed by atoms with Gasteiger partial charge in [-0.25, -0.2) is 4.79 Å². The summed E-state index contributed by atoms with van der Waals surface area (Å²) in [4.78, 5) is 11.7. The molecule has 0 aliphatic heterocycles. The normalized spacial score (nSPS) is 17.1. The minimum Gasteiger partial charge on any atom is -0.333 e. The number of amides is 2. The summed E-state index contributed by atoms with van der Waals surface area (Å²) in [6.45, 7) is 2.60. The average molecular weight is 233 g/mol. The molecule has 0 radical (unpaired) electrons. The maximum atomic E-state index is 11.7. The standard InChI is InChI=1S/C13H19N3O/c1-13(7-2-8-13)16-12(17)15-11-5-3-10(9-14)4-6-11/h3-6H,2,7-9,14H2,1H3,(H2,15,16,17). The van der Waals surface area contributed by atoms with E-state index in [4.69, 9.17) is 5.73 Å². The molecular formula is C13H19N3O. The van der Waals surface area contributed by atoms with Crippen LogP contribution in [0.1, 0.15) is 31.7 Å². The van der Waals surface area contributed by atoms with E-state index >= 15 is 0 Å². The second kappa shape index (κ2) is 4.75. The molecule has 0 spiro atoms. The highest BCUT2D eigenvalue weighted by molar-refractivity contribution is 5.89.